The smallest absolute Gasteiger partial charge is 0.417 e. The molecule has 4 rings (SSSR count). The zero-order valence-electron chi connectivity index (χ0n) is 18.9. The normalized spacial score (nSPS) is 18.9. The zero-order valence-corrected chi connectivity index (χ0v) is 19.7. The number of carbonyl (C=O) groups excluding carboxylic acids is 2. The molecule has 1 saturated heterocycles. The number of benzene rings is 2. The summed E-state index contributed by atoms with van der Waals surface area (Å²) in [5.41, 5.74) is -1.93. The first-order valence-corrected chi connectivity index (χ1v) is 10.9. The van der Waals surface area contributed by atoms with E-state index in [1.54, 1.807) is 36.9 Å². The lowest BCUT2D eigenvalue weighted by atomic mass is 10.0. The van der Waals surface area contributed by atoms with Crippen LogP contribution in [0.25, 0.3) is 0 Å². The van der Waals surface area contributed by atoms with Crippen molar-refractivity contribution in [3.8, 4) is 11.8 Å². The number of hydrogen-bond donors (Lipinski definition) is 2. The summed E-state index contributed by atoms with van der Waals surface area (Å²) in [6.07, 6.45) is -5.49. The molecule has 0 saturated carbocycles. The Bertz CT molecular complexity index is 1290. The first-order valence-electron chi connectivity index (χ1n) is 10.5. The van der Waals surface area contributed by atoms with E-state index in [4.69, 9.17) is 22.2 Å². The minimum absolute atomic E-state index is 0.0160. The second kappa shape index (κ2) is 8.42. The molecule has 2 heterocycles. The van der Waals surface area contributed by atoms with Gasteiger partial charge in [0.05, 0.1) is 35.1 Å². The molecule has 2 amide bonds. The van der Waals surface area contributed by atoms with Crippen LogP contribution in [0.3, 0.4) is 0 Å². The van der Waals surface area contributed by atoms with Crippen LogP contribution in [-0.2, 0) is 15.8 Å². The van der Waals surface area contributed by atoms with Crippen molar-refractivity contribution in [1.82, 2.24) is 5.32 Å². The van der Waals surface area contributed by atoms with E-state index in [-0.39, 0.29) is 23.3 Å². The Hall–Kier alpha value is -3.85. The summed E-state index contributed by atoms with van der Waals surface area (Å²) in [7, 11) is 1.51. The molecule has 2 aromatic carbocycles. The zero-order chi connectivity index (χ0) is 25.7. The Labute approximate surface area is 204 Å². The van der Waals surface area contributed by atoms with Crippen LogP contribution >= 0.6 is 12.2 Å². The summed E-state index contributed by atoms with van der Waals surface area (Å²) in [5.74, 6) is -0.375. The highest BCUT2D eigenvalue weighted by molar-refractivity contribution is 7.81. The fourth-order valence-electron chi connectivity index (χ4n) is 4.06. The lowest BCUT2D eigenvalue weighted by molar-refractivity contribution is -0.137. The van der Waals surface area contributed by atoms with Gasteiger partial charge in [-0.15, -0.1) is 0 Å². The fraction of sp³-hybridized carbons (Fsp3) is 0.304. The van der Waals surface area contributed by atoms with Gasteiger partial charge in [0.25, 0.3) is 11.8 Å². The van der Waals surface area contributed by atoms with Crippen LogP contribution < -0.4 is 25.2 Å². The van der Waals surface area contributed by atoms with Crippen LogP contribution in [0.15, 0.2) is 36.4 Å². The number of nitrogens with one attached hydrogen (secondary N) is 2. The van der Waals surface area contributed by atoms with Gasteiger partial charge in [-0.1, -0.05) is 0 Å². The van der Waals surface area contributed by atoms with Gasteiger partial charge < -0.3 is 20.3 Å². The van der Waals surface area contributed by atoms with Crippen LogP contribution in [0.5, 0.6) is 5.75 Å². The van der Waals surface area contributed by atoms with E-state index in [0.29, 0.717) is 17.1 Å². The molecule has 12 heteroatoms. The molecule has 0 unspecified atom stereocenters. The first kappa shape index (κ1) is 24.3. The van der Waals surface area contributed by atoms with Gasteiger partial charge in [-0.25, -0.2) is 0 Å². The summed E-state index contributed by atoms with van der Waals surface area (Å²) < 4.78 is 46.3. The minimum atomic E-state index is -4.78. The molecule has 2 N–H and O–H groups in total. The molecule has 1 fully saturated rings. The predicted molar refractivity (Wildman–Crippen MR) is 126 cm³/mol. The number of carbonyl (C=O) groups is 2. The second-order valence-corrected chi connectivity index (χ2v) is 8.80. The number of nitriles is 1. The maximum absolute atomic E-state index is 13.5. The number of nitrogens with zero attached hydrogens (tertiary/aromatic N) is 3. The Balaban J connectivity index is 1.71. The van der Waals surface area contributed by atoms with Crippen LogP contribution in [0.1, 0.15) is 25.0 Å². The van der Waals surface area contributed by atoms with Crippen LogP contribution in [0.2, 0.25) is 0 Å². The van der Waals surface area contributed by atoms with Gasteiger partial charge >= 0.3 is 6.18 Å². The molecule has 2 aromatic rings. The monoisotopic (exact) mass is 503 g/mol. The summed E-state index contributed by atoms with van der Waals surface area (Å²) in [6.45, 7) is 3.45. The van der Waals surface area contributed by atoms with Crippen LogP contribution in [-0.4, -0.2) is 42.2 Å². The Kier molecular flexibility index (Phi) is 5.84. The van der Waals surface area contributed by atoms with E-state index in [2.05, 4.69) is 10.6 Å². The van der Waals surface area contributed by atoms with E-state index in [9.17, 15) is 22.8 Å². The van der Waals surface area contributed by atoms with E-state index in [1.165, 1.54) is 19.2 Å². The number of anilines is 3. The molecule has 2 aliphatic rings. The molecule has 182 valence electrons. The summed E-state index contributed by atoms with van der Waals surface area (Å²) in [6, 6.07) is 9.53. The van der Waals surface area contributed by atoms with Crippen molar-refractivity contribution >= 4 is 46.2 Å². The standard InChI is InChI=1S/C23H20F3N5O3S/c1-22(2)20(33)30(13-5-4-12(10-27)15(8-13)23(24,25)26)21(35)31(22)14-6-7-17-16(9-14)29-11-18(34-17)19(32)28-3/h4-9,18,29H,11H2,1-3H3,(H,28,32)/t18-/m1/s1. The predicted octanol–water partition coefficient (Wildman–Crippen LogP) is 3.41. The highest BCUT2D eigenvalue weighted by Gasteiger charge is 2.51. The molecule has 0 spiro atoms. The lowest BCUT2D eigenvalue weighted by Gasteiger charge is -2.32. The summed E-state index contributed by atoms with van der Waals surface area (Å²) in [5, 5.41) is 14.7. The van der Waals surface area contributed by atoms with E-state index < -0.39 is 34.9 Å². The topological polar surface area (TPSA) is 97.7 Å². The van der Waals surface area contributed by atoms with Crippen molar-refractivity contribution in [2.45, 2.75) is 31.7 Å². The number of ether oxygens (including phenoxy) is 1. The van der Waals surface area contributed by atoms with Crippen molar-refractivity contribution in [2.24, 2.45) is 0 Å². The number of rotatable bonds is 3. The summed E-state index contributed by atoms with van der Waals surface area (Å²) >= 11 is 5.55. The average Bonchev–Trinajstić information content (AvgIpc) is 3.00. The third kappa shape index (κ3) is 4.01. The maximum atomic E-state index is 13.5. The highest BCUT2D eigenvalue weighted by atomic mass is 32.1. The number of fused-ring (bicyclic) bond motifs is 1. The van der Waals surface area contributed by atoms with E-state index >= 15 is 0 Å². The molecule has 0 aromatic heterocycles. The van der Waals surface area contributed by atoms with Crippen molar-refractivity contribution in [3.05, 3.63) is 47.5 Å². The molecule has 0 radical (unpaired) electrons. The van der Waals surface area contributed by atoms with Crippen molar-refractivity contribution < 1.29 is 27.5 Å². The first-order chi connectivity index (χ1) is 16.4. The molecular weight excluding hydrogens is 483 g/mol. The highest BCUT2D eigenvalue weighted by Crippen LogP contribution is 2.41. The molecule has 8 nitrogen and oxygen atoms in total. The Morgan fingerprint density at radius 3 is 2.57 bits per heavy atom. The molecule has 0 bridgehead atoms. The Morgan fingerprint density at radius 1 is 1.26 bits per heavy atom. The van der Waals surface area contributed by atoms with Crippen molar-refractivity contribution in [3.63, 3.8) is 0 Å². The minimum Gasteiger partial charge on any atom is -0.477 e. The number of hydrogen-bond acceptors (Lipinski definition) is 6. The maximum Gasteiger partial charge on any atom is 0.417 e. The number of amides is 2. The third-order valence-electron chi connectivity index (χ3n) is 5.86. The number of thiocarbonyl (C=S) groups is 1. The Morgan fingerprint density at radius 2 is 1.94 bits per heavy atom. The van der Waals surface area contributed by atoms with Gasteiger partial charge in [0, 0.05) is 12.7 Å². The van der Waals surface area contributed by atoms with Gasteiger partial charge in [-0.3, -0.25) is 14.5 Å². The molecule has 1 atom stereocenters. The SMILES string of the molecule is CNC(=O)[C@H]1CNc2cc(N3C(=S)N(c4ccc(C#N)c(C(F)(F)F)c4)C(=O)C3(C)C)ccc2O1. The third-order valence-corrected chi connectivity index (χ3v) is 6.23. The molecular formula is C23H20F3N5O3S. The van der Waals surface area contributed by atoms with Crippen molar-refractivity contribution in [1.29, 1.82) is 5.26 Å². The van der Waals surface area contributed by atoms with Gasteiger partial charge in [0.15, 0.2) is 11.2 Å². The quantitative estimate of drug-likeness (QED) is 0.620. The largest absolute Gasteiger partial charge is 0.477 e. The number of alkyl halides is 3. The van der Waals surface area contributed by atoms with E-state index in [0.717, 1.165) is 17.0 Å². The van der Waals surface area contributed by atoms with Gasteiger partial charge in [0.2, 0.25) is 0 Å². The van der Waals surface area contributed by atoms with Gasteiger partial charge in [-0.2, -0.15) is 18.4 Å². The van der Waals surface area contributed by atoms with Crippen LogP contribution in [0.4, 0.5) is 30.2 Å². The molecule has 35 heavy (non-hydrogen) atoms. The van der Waals surface area contributed by atoms with Crippen molar-refractivity contribution in [2.75, 3.05) is 28.7 Å². The number of likely N-dealkylation sites (N-methyl/N-ethyl adjacent to an activating group) is 1. The summed E-state index contributed by atoms with van der Waals surface area (Å²) in [4.78, 5) is 27.8. The second-order valence-electron chi connectivity index (χ2n) is 8.44. The van der Waals surface area contributed by atoms with Crippen LogP contribution in [0, 0.1) is 11.3 Å². The average molecular weight is 504 g/mol. The number of halogens is 3. The molecule has 0 aliphatic carbocycles. The van der Waals surface area contributed by atoms with E-state index in [1.807, 2.05) is 0 Å². The fourth-order valence-corrected chi connectivity index (χ4v) is 4.58. The van der Waals surface area contributed by atoms with Gasteiger partial charge in [-0.05, 0) is 62.5 Å². The van der Waals surface area contributed by atoms with Gasteiger partial charge in [0.1, 0.15) is 11.3 Å². The molecule has 2 aliphatic heterocycles. The lowest BCUT2D eigenvalue weighted by Crippen LogP contribution is -2.45.